The number of aliphatic hydroxyl groups excluding tert-OH is 1. The molecule has 0 spiro atoms. The zero-order valence-corrected chi connectivity index (χ0v) is 46.4. The predicted molar refractivity (Wildman–Crippen MR) is 280 cm³/mol. The number of likely N-dealkylation sites (tertiary alicyclic amines) is 1. The van der Waals surface area contributed by atoms with Crippen LogP contribution in [-0.4, -0.2) is 173 Å². The summed E-state index contributed by atoms with van der Waals surface area (Å²) in [5, 5.41) is 12.8. The quantitative estimate of drug-likeness (QED) is 0.0708. The molecule has 0 bridgehead atoms. The molecule has 2 aromatic rings. The number of rotatable bonds is 30. The first-order valence-corrected chi connectivity index (χ1v) is 27.2. The van der Waals surface area contributed by atoms with Gasteiger partial charge in [0.1, 0.15) is 12.4 Å². The number of nitrogens with one attached hydrogen (secondary N) is 1. The number of para-hydroxylation sites is 1. The van der Waals surface area contributed by atoms with E-state index in [0.29, 0.717) is 56.7 Å². The molecule has 418 valence electrons. The van der Waals surface area contributed by atoms with Crippen molar-refractivity contribution in [2.45, 2.75) is 168 Å². The number of carbonyl (C=O) groups is 8. The minimum absolute atomic E-state index is 0.00876. The molecule has 0 radical (unpaired) electrons. The van der Waals surface area contributed by atoms with E-state index in [1.807, 2.05) is 84.0 Å². The summed E-state index contributed by atoms with van der Waals surface area (Å²) in [5.74, 6) is -5.14. The monoisotopic (exact) mass is 1050 g/mol. The number of methoxy groups -OCH3 is 2. The second-order valence-electron chi connectivity index (χ2n) is 21.9. The summed E-state index contributed by atoms with van der Waals surface area (Å²) < 4.78 is 12.2. The Hall–Kier alpha value is -5.08. The number of imide groups is 1. The number of hydrogen-bond acceptors (Lipinski definition) is 14. The van der Waals surface area contributed by atoms with E-state index in [2.05, 4.69) is 4.98 Å². The molecule has 19 nitrogen and oxygen atoms in total. The van der Waals surface area contributed by atoms with Crippen molar-refractivity contribution in [2.24, 2.45) is 35.5 Å². The lowest BCUT2D eigenvalue weighted by Crippen LogP contribution is -2.54. The Kier molecular flexibility index (Phi) is 23.0. The second-order valence-corrected chi connectivity index (χ2v) is 21.9. The van der Waals surface area contributed by atoms with E-state index < -0.39 is 72.0 Å². The summed E-state index contributed by atoms with van der Waals surface area (Å²) in [6.07, 6.45) is 3.73. The molecule has 1 aromatic carbocycles. The molecule has 3 aliphatic rings. The smallest absolute Gasteiger partial charge is 0.333 e. The number of amides is 5. The molecule has 19 heteroatoms. The zero-order chi connectivity index (χ0) is 55.3. The maximum absolute atomic E-state index is 14.8. The molecular weight excluding hydrogens is 965 g/mol. The van der Waals surface area contributed by atoms with Crippen LogP contribution in [0.4, 0.5) is 0 Å². The highest BCUT2D eigenvalue weighted by atomic mass is 16.7. The molecule has 1 aromatic heterocycles. The highest BCUT2D eigenvalue weighted by molar-refractivity contribution is 6.01. The van der Waals surface area contributed by atoms with Gasteiger partial charge in [0, 0.05) is 88.9 Å². The number of hydrogen-bond donors (Lipinski definition) is 2. The van der Waals surface area contributed by atoms with Gasteiger partial charge in [-0.1, -0.05) is 79.5 Å². The number of likely N-dealkylation sites (N-methyl/N-ethyl adjacent to an activating group) is 2. The number of benzene rings is 1. The van der Waals surface area contributed by atoms with Gasteiger partial charge >= 0.3 is 5.97 Å². The molecule has 10 atom stereocenters. The number of unbranched alkanes of at least 4 members (excludes halogenated alkanes) is 2. The average molecular weight is 1050 g/mol. The van der Waals surface area contributed by atoms with Crippen LogP contribution in [0, 0.1) is 35.5 Å². The van der Waals surface area contributed by atoms with Gasteiger partial charge in [0.15, 0.2) is 5.78 Å². The Labute approximate surface area is 443 Å². The normalized spacial score (nSPS) is 20.4. The van der Waals surface area contributed by atoms with Crippen LogP contribution < -0.4 is 0 Å². The van der Waals surface area contributed by atoms with E-state index in [0.717, 1.165) is 21.5 Å². The predicted octanol–water partition coefficient (Wildman–Crippen LogP) is 5.70. The van der Waals surface area contributed by atoms with Crippen LogP contribution in [-0.2, 0) is 63.9 Å². The number of H-pyrrole nitrogens is 1. The van der Waals surface area contributed by atoms with E-state index >= 15 is 0 Å². The van der Waals surface area contributed by atoms with E-state index in [9.17, 15) is 43.5 Å². The highest BCUT2D eigenvalue weighted by Crippen LogP contribution is 2.33. The molecule has 0 saturated carbocycles. The molecule has 0 aliphatic carbocycles. The second kappa shape index (κ2) is 28.3. The molecular formula is C56H86N6O13. The summed E-state index contributed by atoms with van der Waals surface area (Å²) in [6, 6.07) is 6.33. The SMILES string of the molecule is CC[C@H](C)[C@@H]([C@@H](CC(=O)N1CCC[C@H]1[C@H](OC)[C@@H](C)C(=O)C[C@@H](Cc1c[nH]c2ccccc12)C(=O)N1CC(O)CO1)OC)N(C)C(=O)[C@@H](CC(=O)C(C(C)C)N(C)CCCCCC(=O)ON1C(=O)CCC1=O)C(C)C. The van der Waals surface area contributed by atoms with E-state index in [1.165, 1.54) is 7.11 Å². The number of β-amino-alcohol motifs (C(OH)–C–C–N with tert-alkyl or cyclic N) is 1. The van der Waals surface area contributed by atoms with Gasteiger partial charge in [-0.05, 0) is 75.1 Å². The van der Waals surface area contributed by atoms with Gasteiger partial charge < -0.3 is 34.2 Å². The average Bonchev–Trinajstić information content (AvgIpc) is 4.20. The van der Waals surface area contributed by atoms with Gasteiger partial charge in [-0.2, -0.15) is 0 Å². The summed E-state index contributed by atoms with van der Waals surface area (Å²) in [7, 11) is 6.71. The van der Waals surface area contributed by atoms with Crippen LogP contribution >= 0.6 is 0 Å². The first-order valence-electron chi connectivity index (χ1n) is 27.2. The van der Waals surface area contributed by atoms with Crippen LogP contribution in [0.2, 0.25) is 0 Å². The fraction of sp³-hybridized carbons (Fsp3) is 0.714. The van der Waals surface area contributed by atoms with Gasteiger partial charge in [-0.3, -0.25) is 43.3 Å². The van der Waals surface area contributed by atoms with Gasteiger partial charge in [-0.15, -0.1) is 5.06 Å². The van der Waals surface area contributed by atoms with Gasteiger partial charge in [0.25, 0.3) is 11.8 Å². The Morgan fingerprint density at radius 1 is 0.880 bits per heavy atom. The lowest BCUT2D eigenvalue weighted by atomic mass is 9.83. The maximum Gasteiger partial charge on any atom is 0.333 e. The van der Waals surface area contributed by atoms with E-state index in [4.69, 9.17) is 19.1 Å². The number of aliphatic hydroxyl groups is 1. The molecule has 2 N–H and O–H groups in total. The van der Waals surface area contributed by atoms with Gasteiger partial charge in [-0.25, -0.2) is 9.86 Å². The zero-order valence-electron chi connectivity index (χ0n) is 46.4. The minimum Gasteiger partial charge on any atom is -0.389 e. The van der Waals surface area contributed by atoms with Crippen LogP contribution in [0.15, 0.2) is 30.5 Å². The van der Waals surface area contributed by atoms with Crippen molar-refractivity contribution in [3.8, 4) is 0 Å². The number of aromatic nitrogens is 1. The number of carbonyl (C=O) groups excluding carboxylic acids is 8. The first-order chi connectivity index (χ1) is 35.6. The third-order valence-electron chi connectivity index (χ3n) is 15.9. The summed E-state index contributed by atoms with van der Waals surface area (Å²) in [4.78, 5) is 127. The highest BCUT2D eigenvalue weighted by Gasteiger charge is 2.44. The van der Waals surface area contributed by atoms with Crippen molar-refractivity contribution in [3.63, 3.8) is 0 Å². The molecule has 4 heterocycles. The van der Waals surface area contributed by atoms with Crippen molar-refractivity contribution >= 4 is 58.0 Å². The largest absolute Gasteiger partial charge is 0.389 e. The Balaban J connectivity index is 1.22. The van der Waals surface area contributed by atoms with Crippen molar-refractivity contribution in [3.05, 3.63) is 36.0 Å². The minimum atomic E-state index is -0.820. The number of hydroxylamine groups is 4. The fourth-order valence-corrected chi connectivity index (χ4v) is 11.5. The Morgan fingerprint density at radius 2 is 1.57 bits per heavy atom. The number of ketones is 2. The van der Waals surface area contributed by atoms with Crippen molar-refractivity contribution < 1.29 is 62.6 Å². The molecule has 3 fully saturated rings. The van der Waals surface area contributed by atoms with Gasteiger partial charge in [0.05, 0.1) is 55.3 Å². The standard InChI is InChI=1S/C56H86N6O13/c1-12-36(6)53(59(9)56(71)42(34(2)3)29-46(65)52(35(4)5)58(8)25-17-13-14-22-51(69)75-62-48(66)23-24-49(62)67)47(72-10)30-50(68)60-26-18-21-44(60)54(73-11)37(7)45(64)28-38(55(70)61-32-40(63)33-74-61)27-39-31-57-43-20-16-15-19-41(39)43/h15-16,19-20,31,34-38,40,42,44,47,52-54,57,63H,12-14,17-18,21-30,32-33H2,1-11H3/t36-,37-,38+,40?,42-,44-,47+,52?,53-,54+/m0/s1. The van der Waals surface area contributed by atoms with Gasteiger partial charge in [0.2, 0.25) is 17.7 Å². The number of Topliss-reactive ketones (excluding diaryl/α,β-unsaturated/α-hetero) is 2. The van der Waals surface area contributed by atoms with Crippen LogP contribution in [0.25, 0.3) is 10.9 Å². The van der Waals surface area contributed by atoms with Crippen molar-refractivity contribution in [1.29, 1.82) is 0 Å². The fourth-order valence-electron chi connectivity index (χ4n) is 11.5. The summed E-state index contributed by atoms with van der Waals surface area (Å²) in [6.45, 7) is 14.7. The molecule has 3 saturated heterocycles. The number of ether oxygens (including phenoxy) is 2. The van der Waals surface area contributed by atoms with Crippen molar-refractivity contribution in [1.82, 2.24) is 29.8 Å². The number of nitrogens with zero attached hydrogens (tertiary/aromatic N) is 5. The lowest BCUT2D eigenvalue weighted by molar-refractivity contribution is -0.197. The molecule has 75 heavy (non-hydrogen) atoms. The topological polar surface area (TPSA) is 226 Å². The number of aromatic amines is 1. The Morgan fingerprint density at radius 3 is 2.19 bits per heavy atom. The van der Waals surface area contributed by atoms with E-state index in [-0.39, 0.29) is 105 Å². The molecule has 5 amide bonds. The first kappa shape index (κ1) is 60.8. The maximum atomic E-state index is 14.8. The number of fused-ring (bicyclic) bond motifs is 1. The Bertz CT molecular complexity index is 2270. The van der Waals surface area contributed by atoms with Crippen LogP contribution in [0.5, 0.6) is 0 Å². The van der Waals surface area contributed by atoms with Crippen LogP contribution in [0.3, 0.4) is 0 Å². The lowest BCUT2D eigenvalue weighted by Gasteiger charge is -2.41. The third kappa shape index (κ3) is 15.5. The van der Waals surface area contributed by atoms with Crippen molar-refractivity contribution in [2.75, 3.05) is 54.6 Å². The van der Waals surface area contributed by atoms with E-state index in [1.54, 1.807) is 30.9 Å². The summed E-state index contributed by atoms with van der Waals surface area (Å²) in [5.41, 5.74) is 1.79. The summed E-state index contributed by atoms with van der Waals surface area (Å²) >= 11 is 0. The van der Waals surface area contributed by atoms with Crippen LogP contribution in [0.1, 0.15) is 131 Å². The molecule has 2 unspecified atom stereocenters. The third-order valence-corrected chi connectivity index (χ3v) is 15.9. The molecule has 5 rings (SSSR count). The molecule has 3 aliphatic heterocycles.